The first-order chi connectivity index (χ1) is 16.2. The highest BCUT2D eigenvalue weighted by Gasteiger charge is 2.32. The summed E-state index contributed by atoms with van der Waals surface area (Å²) in [6, 6.07) is 11.6. The van der Waals surface area contributed by atoms with Gasteiger partial charge in [0, 0.05) is 25.6 Å². The van der Waals surface area contributed by atoms with Crippen molar-refractivity contribution in [3.8, 4) is 5.75 Å². The van der Waals surface area contributed by atoms with E-state index in [0.29, 0.717) is 18.4 Å². The highest BCUT2D eigenvalue weighted by molar-refractivity contribution is 7.89. The maximum absolute atomic E-state index is 12.9. The molecule has 1 N–H and O–H groups in total. The second-order valence-electron chi connectivity index (χ2n) is 7.67. The standard InChI is InChI=1S/C23H26F2N2O6S/c1-2-32-22(29)18-6-8-20(9-7-18)34(30,31)27-12-10-17(11-13-27)21(28)26-15-16-4-3-5-19(14-16)33-23(24)25/h3-9,14,17,23H,2,10-13,15H2,1H3,(H,26,28). The summed E-state index contributed by atoms with van der Waals surface area (Å²) in [5.74, 6) is -1.10. The van der Waals surface area contributed by atoms with Gasteiger partial charge in [0.15, 0.2) is 0 Å². The molecule has 0 radical (unpaired) electrons. The quantitative estimate of drug-likeness (QED) is 0.535. The molecule has 1 amide bonds. The average molecular weight is 497 g/mol. The summed E-state index contributed by atoms with van der Waals surface area (Å²) in [6.07, 6.45) is 0.695. The summed E-state index contributed by atoms with van der Waals surface area (Å²) in [4.78, 5) is 24.4. The van der Waals surface area contributed by atoms with Gasteiger partial charge in [0.05, 0.1) is 17.1 Å². The molecule has 0 aromatic heterocycles. The largest absolute Gasteiger partial charge is 0.462 e. The van der Waals surface area contributed by atoms with Gasteiger partial charge in [-0.05, 0) is 61.7 Å². The van der Waals surface area contributed by atoms with Gasteiger partial charge in [-0.1, -0.05) is 12.1 Å². The van der Waals surface area contributed by atoms with E-state index in [1.165, 1.54) is 40.7 Å². The van der Waals surface area contributed by atoms with Crippen LogP contribution >= 0.6 is 0 Å². The van der Waals surface area contributed by atoms with Crippen molar-refractivity contribution in [1.29, 1.82) is 0 Å². The van der Waals surface area contributed by atoms with Crippen molar-refractivity contribution in [3.63, 3.8) is 0 Å². The fraction of sp³-hybridized carbons (Fsp3) is 0.391. The molecule has 8 nitrogen and oxygen atoms in total. The van der Waals surface area contributed by atoms with Crippen LogP contribution in [0.2, 0.25) is 0 Å². The van der Waals surface area contributed by atoms with Crippen molar-refractivity contribution in [1.82, 2.24) is 9.62 Å². The molecule has 2 aromatic carbocycles. The molecular weight excluding hydrogens is 470 g/mol. The molecule has 0 bridgehead atoms. The summed E-state index contributed by atoms with van der Waals surface area (Å²) in [7, 11) is -3.76. The third-order valence-corrected chi connectivity index (χ3v) is 7.33. The van der Waals surface area contributed by atoms with E-state index in [2.05, 4.69) is 10.1 Å². The molecular formula is C23H26F2N2O6S. The van der Waals surface area contributed by atoms with E-state index < -0.39 is 22.6 Å². The minimum atomic E-state index is -3.76. The number of rotatable bonds is 9. The minimum absolute atomic E-state index is 0.00977. The van der Waals surface area contributed by atoms with Crippen LogP contribution in [0, 0.1) is 5.92 Å². The molecule has 0 atom stereocenters. The van der Waals surface area contributed by atoms with Gasteiger partial charge >= 0.3 is 12.6 Å². The van der Waals surface area contributed by atoms with Crippen LogP contribution in [0.1, 0.15) is 35.7 Å². The lowest BCUT2D eigenvalue weighted by molar-refractivity contribution is -0.126. The van der Waals surface area contributed by atoms with Crippen LogP contribution in [0.3, 0.4) is 0 Å². The van der Waals surface area contributed by atoms with E-state index in [1.54, 1.807) is 19.1 Å². The van der Waals surface area contributed by atoms with E-state index in [4.69, 9.17) is 4.74 Å². The lowest BCUT2D eigenvalue weighted by Crippen LogP contribution is -2.42. The van der Waals surface area contributed by atoms with Crippen LogP contribution in [0.5, 0.6) is 5.75 Å². The van der Waals surface area contributed by atoms with Gasteiger partial charge in [0.25, 0.3) is 0 Å². The van der Waals surface area contributed by atoms with Crippen molar-refractivity contribution in [2.75, 3.05) is 19.7 Å². The van der Waals surface area contributed by atoms with Gasteiger partial charge < -0.3 is 14.8 Å². The van der Waals surface area contributed by atoms with Crippen molar-refractivity contribution in [2.24, 2.45) is 5.92 Å². The van der Waals surface area contributed by atoms with Crippen LogP contribution < -0.4 is 10.1 Å². The van der Waals surface area contributed by atoms with Gasteiger partial charge in [-0.2, -0.15) is 13.1 Å². The number of ether oxygens (including phenoxy) is 2. The Balaban J connectivity index is 1.53. The van der Waals surface area contributed by atoms with E-state index in [0.717, 1.165) is 0 Å². The normalized spacial score (nSPS) is 15.2. The molecule has 2 aromatic rings. The number of sulfonamides is 1. The second-order valence-corrected chi connectivity index (χ2v) is 9.60. The third-order valence-electron chi connectivity index (χ3n) is 5.42. The average Bonchev–Trinajstić information content (AvgIpc) is 2.82. The lowest BCUT2D eigenvalue weighted by atomic mass is 9.97. The van der Waals surface area contributed by atoms with Crippen LogP contribution in [-0.2, 0) is 26.1 Å². The van der Waals surface area contributed by atoms with Crippen molar-refractivity contribution < 1.29 is 36.3 Å². The van der Waals surface area contributed by atoms with Gasteiger partial charge in [0.1, 0.15) is 5.75 Å². The Bertz CT molecular complexity index is 1100. The van der Waals surface area contributed by atoms with Crippen LogP contribution in [-0.4, -0.2) is 50.9 Å². The van der Waals surface area contributed by atoms with Crippen LogP contribution in [0.25, 0.3) is 0 Å². The number of nitrogens with one attached hydrogen (secondary N) is 1. The molecule has 1 aliphatic heterocycles. The SMILES string of the molecule is CCOC(=O)c1ccc(S(=O)(=O)N2CCC(C(=O)NCc3cccc(OC(F)F)c3)CC2)cc1. The minimum Gasteiger partial charge on any atom is -0.462 e. The number of esters is 1. The Hall–Kier alpha value is -3.05. The van der Waals surface area contributed by atoms with E-state index >= 15 is 0 Å². The monoisotopic (exact) mass is 496 g/mol. The second kappa shape index (κ2) is 11.4. The fourth-order valence-corrected chi connectivity index (χ4v) is 5.12. The summed E-state index contributed by atoms with van der Waals surface area (Å²) < 4.78 is 61.2. The number of benzene rings is 2. The van der Waals surface area contributed by atoms with Gasteiger partial charge in [-0.3, -0.25) is 4.79 Å². The van der Waals surface area contributed by atoms with Crippen molar-refractivity contribution >= 4 is 21.9 Å². The predicted molar refractivity (Wildman–Crippen MR) is 119 cm³/mol. The smallest absolute Gasteiger partial charge is 0.387 e. The maximum Gasteiger partial charge on any atom is 0.387 e. The summed E-state index contributed by atoms with van der Waals surface area (Å²) in [6.45, 7) is -0.521. The molecule has 34 heavy (non-hydrogen) atoms. The highest BCUT2D eigenvalue weighted by atomic mass is 32.2. The predicted octanol–water partition coefficient (Wildman–Crippen LogP) is 3.18. The number of carbonyl (C=O) groups is 2. The Morgan fingerprint density at radius 2 is 1.79 bits per heavy atom. The van der Waals surface area contributed by atoms with E-state index in [-0.39, 0.29) is 54.3 Å². The number of halogens is 2. The number of piperidine rings is 1. The Morgan fingerprint density at radius 1 is 1.12 bits per heavy atom. The molecule has 0 saturated carbocycles. The van der Waals surface area contributed by atoms with Gasteiger partial charge in [0.2, 0.25) is 15.9 Å². The first-order valence-corrected chi connectivity index (χ1v) is 12.2. The molecule has 11 heteroatoms. The lowest BCUT2D eigenvalue weighted by Gasteiger charge is -2.30. The number of hydrogen-bond acceptors (Lipinski definition) is 6. The topological polar surface area (TPSA) is 102 Å². The third kappa shape index (κ3) is 6.51. The number of nitrogens with zero attached hydrogens (tertiary/aromatic N) is 1. The summed E-state index contributed by atoms with van der Waals surface area (Å²) >= 11 is 0. The highest BCUT2D eigenvalue weighted by Crippen LogP contribution is 2.25. The van der Waals surface area contributed by atoms with Gasteiger partial charge in [-0.25, -0.2) is 13.2 Å². The Kier molecular flexibility index (Phi) is 8.56. The number of carbonyl (C=O) groups excluding carboxylic acids is 2. The molecule has 0 spiro atoms. The molecule has 1 fully saturated rings. The fourth-order valence-electron chi connectivity index (χ4n) is 3.65. The molecule has 0 aliphatic carbocycles. The van der Waals surface area contributed by atoms with Crippen LogP contribution in [0.15, 0.2) is 53.4 Å². The Morgan fingerprint density at radius 3 is 2.41 bits per heavy atom. The van der Waals surface area contributed by atoms with Crippen molar-refractivity contribution in [3.05, 3.63) is 59.7 Å². The first kappa shape index (κ1) is 25.6. The zero-order valence-electron chi connectivity index (χ0n) is 18.6. The molecule has 1 heterocycles. The zero-order chi connectivity index (χ0) is 24.7. The van der Waals surface area contributed by atoms with E-state index in [9.17, 15) is 26.8 Å². The Labute approximate surface area is 196 Å². The van der Waals surface area contributed by atoms with E-state index in [1.807, 2.05) is 0 Å². The zero-order valence-corrected chi connectivity index (χ0v) is 19.4. The first-order valence-electron chi connectivity index (χ1n) is 10.8. The summed E-state index contributed by atoms with van der Waals surface area (Å²) in [5.41, 5.74) is 0.875. The number of alkyl halides is 2. The number of amides is 1. The van der Waals surface area contributed by atoms with Crippen LogP contribution in [0.4, 0.5) is 8.78 Å². The molecule has 3 rings (SSSR count). The number of hydrogen-bond donors (Lipinski definition) is 1. The molecule has 0 unspecified atom stereocenters. The molecule has 184 valence electrons. The van der Waals surface area contributed by atoms with Gasteiger partial charge in [-0.15, -0.1) is 0 Å². The van der Waals surface area contributed by atoms with Crippen molar-refractivity contribution in [2.45, 2.75) is 37.8 Å². The summed E-state index contributed by atoms with van der Waals surface area (Å²) in [5, 5.41) is 2.77. The molecule has 1 saturated heterocycles. The molecule has 1 aliphatic rings. The maximum atomic E-state index is 12.9.